The van der Waals surface area contributed by atoms with E-state index in [9.17, 15) is 9.59 Å². The predicted molar refractivity (Wildman–Crippen MR) is 157 cm³/mol. The molecule has 0 unspecified atom stereocenters. The van der Waals surface area contributed by atoms with Crippen LogP contribution in [-0.2, 0) is 20.9 Å². The third kappa shape index (κ3) is 6.50. The third-order valence-corrected chi connectivity index (χ3v) is 7.47. The number of hydrogen-bond donors (Lipinski definition) is 3. The fourth-order valence-electron chi connectivity index (χ4n) is 5.11. The van der Waals surface area contributed by atoms with E-state index >= 15 is 0 Å². The number of amides is 2. The van der Waals surface area contributed by atoms with Crippen LogP contribution in [0.15, 0.2) is 12.1 Å². The van der Waals surface area contributed by atoms with E-state index in [2.05, 4.69) is 20.9 Å². The average molecular weight is 570 g/mol. The van der Waals surface area contributed by atoms with Gasteiger partial charge in [-0.1, -0.05) is 41.5 Å². The number of anilines is 3. The molecule has 1 aliphatic carbocycles. The summed E-state index contributed by atoms with van der Waals surface area (Å²) in [6, 6.07) is 3.75. The molecular formula is C30H43N5O6. The number of methoxy groups -OCH3 is 3. The van der Waals surface area contributed by atoms with Gasteiger partial charge in [0.2, 0.25) is 23.5 Å². The number of nitrogens with zero attached hydrogens (tertiary/aromatic N) is 2. The molecule has 3 N–H and O–H groups in total. The standard InChI is InChI=1S/C30H43N5O6/c1-28(2,3)25(36)31-23-21-18-11-10-12-30(15-18,35-24(21)33-27(32-23)34-26(37)29(4,5)6)41-16-17-13-19(38-7)22(40-9)20(14-17)39-8/h13-14,18H,10-12,15-16H2,1-9H3,(H3,31,32,33,34,35,36,37)/t18-,30-/m1/s1. The normalized spacial score (nSPS) is 19.9. The van der Waals surface area contributed by atoms with Crippen molar-refractivity contribution in [2.45, 2.75) is 85.5 Å². The Morgan fingerprint density at radius 3 is 2.12 bits per heavy atom. The van der Waals surface area contributed by atoms with E-state index in [0.29, 0.717) is 35.3 Å². The molecule has 2 heterocycles. The van der Waals surface area contributed by atoms with Crippen molar-refractivity contribution in [3.8, 4) is 17.2 Å². The molecule has 1 saturated carbocycles. The van der Waals surface area contributed by atoms with E-state index in [-0.39, 0.29) is 30.3 Å². The first-order valence-electron chi connectivity index (χ1n) is 14.0. The molecule has 2 aromatic rings. The van der Waals surface area contributed by atoms with Crippen molar-refractivity contribution < 1.29 is 28.5 Å². The molecular weight excluding hydrogens is 526 g/mol. The number of ether oxygens (including phenoxy) is 4. The quantitative estimate of drug-likeness (QED) is 0.379. The number of carbonyl (C=O) groups excluding carboxylic acids is 2. The van der Waals surface area contributed by atoms with E-state index < -0.39 is 16.6 Å². The maximum atomic E-state index is 13.0. The first kappa shape index (κ1) is 30.4. The molecule has 2 atom stereocenters. The highest BCUT2D eigenvalue weighted by Crippen LogP contribution is 2.50. The molecule has 1 aromatic carbocycles. The van der Waals surface area contributed by atoms with Gasteiger partial charge in [-0.2, -0.15) is 9.97 Å². The second-order valence-corrected chi connectivity index (χ2v) is 12.8. The van der Waals surface area contributed by atoms with Gasteiger partial charge in [-0.05, 0) is 42.9 Å². The van der Waals surface area contributed by atoms with Crippen molar-refractivity contribution >= 4 is 29.4 Å². The molecule has 224 valence electrons. The number of fused-ring (bicyclic) bond motifs is 4. The summed E-state index contributed by atoms with van der Waals surface area (Å²) < 4.78 is 23.1. The number of benzene rings is 1. The molecule has 2 amide bonds. The van der Waals surface area contributed by atoms with Crippen molar-refractivity contribution in [1.82, 2.24) is 9.97 Å². The zero-order valence-corrected chi connectivity index (χ0v) is 25.6. The second-order valence-electron chi connectivity index (χ2n) is 12.8. The highest BCUT2D eigenvalue weighted by atomic mass is 16.5. The van der Waals surface area contributed by atoms with Gasteiger partial charge in [0, 0.05) is 22.8 Å². The molecule has 41 heavy (non-hydrogen) atoms. The molecule has 1 aliphatic heterocycles. The van der Waals surface area contributed by atoms with Crippen LogP contribution in [0.25, 0.3) is 0 Å². The van der Waals surface area contributed by atoms with Crippen molar-refractivity contribution in [3.63, 3.8) is 0 Å². The Labute approximate surface area is 242 Å². The van der Waals surface area contributed by atoms with Crippen molar-refractivity contribution in [3.05, 3.63) is 23.3 Å². The lowest BCUT2D eigenvalue weighted by Crippen LogP contribution is -2.48. The van der Waals surface area contributed by atoms with Crippen molar-refractivity contribution in [2.24, 2.45) is 10.8 Å². The molecule has 1 aromatic heterocycles. The lowest BCUT2D eigenvalue weighted by atomic mass is 9.76. The molecule has 11 nitrogen and oxygen atoms in total. The van der Waals surface area contributed by atoms with E-state index in [1.165, 1.54) is 0 Å². The molecule has 1 fully saturated rings. The van der Waals surface area contributed by atoms with E-state index in [1.807, 2.05) is 53.7 Å². The Morgan fingerprint density at radius 2 is 1.56 bits per heavy atom. The largest absolute Gasteiger partial charge is 0.493 e. The second kappa shape index (κ2) is 11.3. The van der Waals surface area contributed by atoms with Gasteiger partial charge in [-0.15, -0.1) is 0 Å². The Balaban J connectivity index is 1.69. The Morgan fingerprint density at radius 1 is 0.951 bits per heavy atom. The summed E-state index contributed by atoms with van der Waals surface area (Å²) in [7, 11) is 4.73. The molecule has 2 aliphatic rings. The summed E-state index contributed by atoms with van der Waals surface area (Å²) in [5, 5.41) is 9.37. The molecule has 0 spiro atoms. The Kier molecular flexibility index (Phi) is 8.40. The van der Waals surface area contributed by atoms with Crippen LogP contribution in [0.2, 0.25) is 0 Å². The van der Waals surface area contributed by atoms with Crippen LogP contribution < -0.4 is 30.2 Å². The van der Waals surface area contributed by atoms with Crippen LogP contribution in [0, 0.1) is 10.8 Å². The van der Waals surface area contributed by atoms with Crippen LogP contribution in [0.5, 0.6) is 17.2 Å². The third-order valence-electron chi connectivity index (χ3n) is 7.47. The number of nitrogens with one attached hydrogen (secondary N) is 3. The molecule has 2 bridgehead atoms. The summed E-state index contributed by atoms with van der Waals surface area (Å²) in [4.78, 5) is 35.2. The average Bonchev–Trinajstić information content (AvgIpc) is 2.89. The zero-order valence-electron chi connectivity index (χ0n) is 25.6. The minimum Gasteiger partial charge on any atom is -0.493 e. The summed E-state index contributed by atoms with van der Waals surface area (Å²) in [5.41, 5.74) is -0.274. The maximum absolute atomic E-state index is 13.0. The van der Waals surface area contributed by atoms with E-state index in [1.54, 1.807) is 21.3 Å². The highest BCUT2D eigenvalue weighted by molar-refractivity contribution is 5.96. The maximum Gasteiger partial charge on any atom is 0.233 e. The first-order valence-corrected chi connectivity index (χ1v) is 14.0. The van der Waals surface area contributed by atoms with Gasteiger partial charge in [-0.3, -0.25) is 14.9 Å². The fraction of sp³-hybridized carbons (Fsp3) is 0.600. The number of carbonyl (C=O) groups is 2. The van der Waals surface area contributed by atoms with Gasteiger partial charge < -0.3 is 29.6 Å². The molecule has 4 rings (SSSR count). The molecule has 11 heteroatoms. The monoisotopic (exact) mass is 569 g/mol. The van der Waals surface area contributed by atoms with Crippen LogP contribution in [-0.4, -0.2) is 48.8 Å². The van der Waals surface area contributed by atoms with Gasteiger partial charge in [0.1, 0.15) is 17.4 Å². The van der Waals surface area contributed by atoms with Gasteiger partial charge in [0.25, 0.3) is 0 Å². The Bertz CT molecular complexity index is 1290. The number of hydrogen-bond acceptors (Lipinski definition) is 9. The lowest BCUT2D eigenvalue weighted by Gasteiger charge is -2.46. The van der Waals surface area contributed by atoms with Crippen LogP contribution in [0.1, 0.15) is 84.3 Å². The smallest absolute Gasteiger partial charge is 0.233 e. The Hall–Kier alpha value is -3.60. The molecule has 0 radical (unpaired) electrons. The van der Waals surface area contributed by atoms with Gasteiger partial charge in [0.05, 0.1) is 27.9 Å². The van der Waals surface area contributed by atoms with Crippen LogP contribution in [0.4, 0.5) is 17.6 Å². The first-order chi connectivity index (χ1) is 19.2. The number of rotatable bonds is 8. The van der Waals surface area contributed by atoms with Crippen molar-refractivity contribution in [1.29, 1.82) is 0 Å². The van der Waals surface area contributed by atoms with Crippen LogP contribution in [0.3, 0.4) is 0 Å². The SMILES string of the molecule is COc1cc(CO[C@]23CCC[C@H](C2)c2c(NC(=O)C(C)(C)C)nc(NC(=O)C(C)(C)C)nc2N3)cc(OC)c1OC. The minimum atomic E-state index is -0.693. The summed E-state index contributed by atoms with van der Waals surface area (Å²) >= 11 is 0. The minimum absolute atomic E-state index is 0.0579. The summed E-state index contributed by atoms with van der Waals surface area (Å²) in [6.45, 7) is 11.3. The van der Waals surface area contributed by atoms with Gasteiger partial charge >= 0.3 is 0 Å². The predicted octanol–water partition coefficient (Wildman–Crippen LogP) is 5.47. The summed E-state index contributed by atoms with van der Waals surface area (Å²) in [5.74, 6) is 2.38. The lowest BCUT2D eigenvalue weighted by molar-refractivity contribution is -0.123. The number of aromatic nitrogens is 2. The highest BCUT2D eigenvalue weighted by Gasteiger charge is 2.45. The van der Waals surface area contributed by atoms with Gasteiger partial charge in [-0.25, -0.2) is 0 Å². The van der Waals surface area contributed by atoms with Gasteiger partial charge in [0.15, 0.2) is 11.5 Å². The van der Waals surface area contributed by atoms with E-state index in [0.717, 1.165) is 30.4 Å². The topological polar surface area (TPSA) is 133 Å². The zero-order chi connectivity index (χ0) is 30.2. The van der Waals surface area contributed by atoms with E-state index in [4.69, 9.17) is 23.9 Å². The summed E-state index contributed by atoms with van der Waals surface area (Å²) in [6.07, 6.45) is 3.27. The molecule has 0 saturated heterocycles. The van der Waals surface area contributed by atoms with Crippen molar-refractivity contribution in [2.75, 3.05) is 37.3 Å². The fourth-order valence-corrected chi connectivity index (χ4v) is 5.11. The van der Waals surface area contributed by atoms with Crippen LogP contribution >= 0.6 is 0 Å².